The number of rotatable bonds is 6. The Morgan fingerprint density at radius 1 is 1.04 bits per heavy atom. The van der Waals surface area contributed by atoms with Crippen LogP contribution in [-0.2, 0) is 15.6 Å². The molecule has 0 radical (unpaired) electrons. The minimum absolute atomic E-state index is 0.0283. The van der Waals surface area contributed by atoms with Gasteiger partial charge in [0, 0.05) is 21.4 Å². The SMILES string of the molecule is COc1ccc(S(=O)c2c(C)cc(NC(=O)C(C)C)cc2C)cc1C(C)C. The third-order valence-corrected chi connectivity index (χ3v) is 6.17. The van der Waals surface area contributed by atoms with E-state index in [0.29, 0.717) is 0 Å². The Morgan fingerprint density at radius 2 is 1.63 bits per heavy atom. The van der Waals surface area contributed by atoms with Crippen LogP contribution in [0.3, 0.4) is 0 Å². The summed E-state index contributed by atoms with van der Waals surface area (Å²) in [7, 11) is 0.344. The molecule has 0 heterocycles. The standard InChI is InChI=1S/C22H29NO3S/c1-13(2)19-12-18(8-9-20(19)26-7)27(25)21-15(5)10-17(11-16(21)6)23-22(24)14(3)4/h8-14H,1-7H3,(H,23,24). The minimum Gasteiger partial charge on any atom is -0.496 e. The maximum Gasteiger partial charge on any atom is 0.226 e. The molecule has 1 amide bonds. The van der Waals surface area contributed by atoms with Crippen LogP contribution < -0.4 is 10.1 Å². The zero-order valence-corrected chi connectivity index (χ0v) is 18.0. The monoisotopic (exact) mass is 387 g/mol. The molecule has 0 aliphatic rings. The maximum absolute atomic E-state index is 13.3. The van der Waals surface area contributed by atoms with Gasteiger partial charge in [0.25, 0.3) is 0 Å². The number of nitrogens with one attached hydrogen (secondary N) is 1. The average Bonchev–Trinajstić information content (AvgIpc) is 2.60. The first-order chi connectivity index (χ1) is 12.6. The number of anilines is 1. The topological polar surface area (TPSA) is 55.4 Å². The molecule has 0 spiro atoms. The Morgan fingerprint density at radius 3 is 2.11 bits per heavy atom. The van der Waals surface area contributed by atoms with Gasteiger partial charge < -0.3 is 10.1 Å². The molecule has 0 aliphatic carbocycles. The van der Waals surface area contributed by atoms with Gasteiger partial charge >= 0.3 is 0 Å². The minimum atomic E-state index is -1.31. The lowest BCUT2D eigenvalue weighted by molar-refractivity contribution is -0.118. The van der Waals surface area contributed by atoms with Gasteiger partial charge in [0.2, 0.25) is 5.91 Å². The first kappa shape index (κ1) is 21.2. The molecule has 27 heavy (non-hydrogen) atoms. The Bertz CT molecular complexity index is 849. The molecule has 0 fully saturated rings. The van der Waals surface area contributed by atoms with Crippen molar-refractivity contribution in [2.75, 3.05) is 12.4 Å². The van der Waals surface area contributed by atoms with Crippen molar-refractivity contribution < 1.29 is 13.7 Å². The highest BCUT2D eigenvalue weighted by Crippen LogP contribution is 2.32. The van der Waals surface area contributed by atoms with Crippen molar-refractivity contribution in [2.45, 2.75) is 57.3 Å². The molecule has 1 unspecified atom stereocenters. The maximum atomic E-state index is 13.3. The summed E-state index contributed by atoms with van der Waals surface area (Å²) in [5, 5.41) is 2.91. The second-order valence-electron chi connectivity index (χ2n) is 7.41. The number of methoxy groups -OCH3 is 1. The highest BCUT2D eigenvalue weighted by atomic mass is 32.2. The molecule has 0 bridgehead atoms. The molecule has 0 aliphatic heterocycles. The molecular weight excluding hydrogens is 358 g/mol. The van der Waals surface area contributed by atoms with E-state index in [1.165, 1.54) is 0 Å². The third-order valence-electron chi connectivity index (χ3n) is 4.47. The van der Waals surface area contributed by atoms with Gasteiger partial charge in [0.1, 0.15) is 5.75 Å². The second kappa shape index (κ2) is 8.70. The molecule has 5 heteroatoms. The highest BCUT2D eigenvalue weighted by Gasteiger charge is 2.18. The number of carbonyl (C=O) groups is 1. The van der Waals surface area contributed by atoms with Crippen molar-refractivity contribution >= 4 is 22.4 Å². The first-order valence-electron chi connectivity index (χ1n) is 9.17. The van der Waals surface area contributed by atoms with E-state index in [0.717, 1.165) is 37.9 Å². The van der Waals surface area contributed by atoms with E-state index in [9.17, 15) is 9.00 Å². The number of hydrogen-bond acceptors (Lipinski definition) is 3. The summed E-state index contributed by atoms with van der Waals surface area (Å²) in [6.07, 6.45) is 0. The summed E-state index contributed by atoms with van der Waals surface area (Å²) in [4.78, 5) is 13.5. The van der Waals surface area contributed by atoms with Crippen molar-refractivity contribution in [3.63, 3.8) is 0 Å². The van der Waals surface area contributed by atoms with E-state index in [1.54, 1.807) is 7.11 Å². The van der Waals surface area contributed by atoms with Gasteiger partial charge in [0.05, 0.1) is 17.9 Å². The molecule has 1 N–H and O–H groups in total. The van der Waals surface area contributed by atoms with Crippen LogP contribution in [0.15, 0.2) is 40.1 Å². The number of aryl methyl sites for hydroxylation is 2. The fourth-order valence-electron chi connectivity index (χ4n) is 3.00. The quantitative estimate of drug-likeness (QED) is 0.741. The third kappa shape index (κ3) is 4.78. The van der Waals surface area contributed by atoms with E-state index in [-0.39, 0.29) is 17.7 Å². The van der Waals surface area contributed by atoms with Crippen LogP contribution in [0.5, 0.6) is 5.75 Å². The number of hydrogen-bond donors (Lipinski definition) is 1. The van der Waals surface area contributed by atoms with Gasteiger partial charge in [-0.3, -0.25) is 4.79 Å². The summed E-state index contributed by atoms with van der Waals surface area (Å²) in [5.41, 5.74) is 3.57. The van der Waals surface area contributed by atoms with Gasteiger partial charge in [-0.15, -0.1) is 0 Å². The van der Waals surface area contributed by atoms with E-state index in [1.807, 2.05) is 58.0 Å². The van der Waals surface area contributed by atoms with E-state index < -0.39 is 10.8 Å². The molecule has 0 aromatic heterocycles. The second-order valence-corrected chi connectivity index (χ2v) is 8.83. The highest BCUT2D eigenvalue weighted by molar-refractivity contribution is 7.85. The van der Waals surface area contributed by atoms with Crippen LogP contribution in [0, 0.1) is 19.8 Å². The summed E-state index contributed by atoms with van der Waals surface area (Å²) < 4.78 is 18.7. The average molecular weight is 388 g/mol. The normalized spacial score (nSPS) is 12.3. The van der Waals surface area contributed by atoms with Gasteiger partial charge in [-0.2, -0.15) is 0 Å². The van der Waals surface area contributed by atoms with Crippen molar-refractivity contribution in [1.82, 2.24) is 0 Å². The van der Waals surface area contributed by atoms with Gasteiger partial charge in [-0.25, -0.2) is 4.21 Å². The number of carbonyl (C=O) groups excluding carboxylic acids is 1. The van der Waals surface area contributed by atoms with Crippen LogP contribution in [-0.4, -0.2) is 17.2 Å². The Labute approximate surface area is 164 Å². The van der Waals surface area contributed by atoms with Crippen molar-refractivity contribution in [1.29, 1.82) is 0 Å². The molecule has 2 aromatic rings. The zero-order chi connectivity index (χ0) is 20.3. The summed E-state index contributed by atoms with van der Waals surface area (Å²) in [6, 6.07) is 9.46. The van der Waals surface area contributed by atoms with Crippen LogP contribution in [0.2, 0.25) is 0 Å². The van der Waals surface area contributed by atoms with Crippen LogP contribution in [0.1, 0.15) is 50.3 Å². The predicted molar refractivity (Wildman–Crippen MR) is 111 cm³/mol. The molecule has 146 valence electrons. The summed E-state index contributed by atoms with van der Waals surface area (Å²) in [6.45, 7) is 11.7. The fourth-order valence-corrected chi connectivity index (χ4v) is 4.36. The lowest BCUT2D eigenvalue weighted by Crippen LogP contribution is -2.18. The largest absolute Gasteiger partial charge is 0.496 e. The molecule has 4 nitrogen and oxygen atoms in total. The lowest BCUT2D eigenvalue weighted by Gasteiger charge is -2.16. The van der Waals surface area contributed by atoms with Crippen LogP contribution in [0.25, 0.3) is 0 Å². The van der Waals surface area contributed by atoms with Crippen LogP contribution in [0.4, 0.5) is 5.69 Å². The number of ether oxygens (including phenoxy) is 1. The van der Waals surface area contributed by atoms with Crippen molar-refractivity contribution in [3.05, 3.63) is 47.0 Å². The molecule has 2 rings (SSSR count). The Balaban J connectivity index is 2.42. The van der Waals surface area contributed by atoms with E-state index >= 15 is 0 Å². The van der Waals surface area contributed by atoms with E-state index in [4.69, 9.17) is 4.74 Å². The molecule has 1 atom stereocenters. The van der Waals surface area contributed by atoms with Gasteiger partial charge in [-0.1, -0.05) is 27.7 Å². The Kier molecular flexibility index (Phi) is 6.82. The Hall–Kier alpha value is -2.14. The molecule has 2 aromatic carbocycles. The predicted octanol–water partition coefficient (Wildman–Crippen LogP) is 5.20. The fraction of sp³-hybridized carbons (Fsp3) is 0.409. The van der Waals surface area contributed by atoms with Crippen molar-refractivity contribution in [2.24, 2.45) is 5.92 Å². The van der Waals surface area contributed by atoms with Gasteiger partial charge in [-0.05, 0) is 66.8 Å². The first-order valence-corrected chi connectivity index (χ1v) is 10.3. The molecular formula is C22H29NO3S. The molecule has 0 saturated carbocycles. The van der Waals surface area contributed by atoms with Gasteiger partial charge in [0.15, 0.2) is 0 Å². The summed E-state index contributed by atoms with van der Waals surface area (Å²) in [5.74, 6) is 0.964. The summed E-state index contributed by atoms with van der Waals surface area (Å²) >= 11 is 0. The van der Waals surface area contributed by atoms with E-state index in [2.05, 4.69) is 19.2 Å². The lowest BCUT2D eigenvalue weighted by atomic mass is 10.0. The molecule has 0 saturated heterocycles. The number of amides is 1. The van der Waals surface area contributed by atoms with Crippen molar-refractivity contribution in [3.8, 4) is 5.75 Å². The smallest absolute Gasteiger partial charge is 0.226 e. The number of benzene rings is 2. The van der Waals surface area contributed by atoms with Crippen LogP contribution >= 0.6 is 0 Å². The zero-order valence-electron chi connectivity index (χ0n) is 17.2.